The number of nitro benzene ring substituents is 1. The van der Waals surface area contributed by atoms with Crippen LogP contribution in [0.25, 0.3) is 0 Å². The van der Waals surface area contributed by atoms with E-state index >= 15 is 0 Å². The summed E-state index contributed by atoms with van der Waals surface area (Å²) in [4.78, 5) is 10.3. The van der Waals surface area contributed by atoms with Gasteiger partial charge in [-0.1, -0.05) is 12.1 Å². The van der Waals surface area contributed by atoms with Gasteiger partial charge in [0.05, 0.1) is 23.5 Å². The number of para-hydroxylation sites is 2. The number of ether oxygens (including phenoxy) is 3. The molecule has 27 heavy (non-hydrogen) atoms. The van der Waals surface area contributed by atoms with Gasteiger partial charge >= 0.3 is 5.69 Å². The van der Waals surface area contributed by atoms with Crippen LogP contribution in [0.1, 0.15) is 0 Å². The smallest absolute Gasteiger partial charge is 0.312 e. The zero-order valence-electron chi connectivity index (χ0n) is 14.7. The Labute approximate surface area is 156 Å². The first-order valence-corrected chi connectivity index (χ1v) is 9.44. The summed E-state index contributed by atoms with van der Waals surface area (Å²) in [6.07, 6.45) is -0.507. The lowest BCUT2D eigenvalue weighted by atomic mass is 10.2. The average Bonchev–Trinajstić information content (AvgIpc) is 2.67. The fourth-order valence-corrected chi connectivity index (χ4v) is 3.91. The van der Waals surface area contributed by atoms with Crippen molar-refractivity contribution >= 4 is 15.7 Å². The molecule has 0 aliphatic carbocycles. The lowest BCUT2D eigenvalue weighted by Crippen LogP contribution is -2.41. The molecule has 1 aliphatic heterocycles. The summed E-state index contributed by atoms with van der Waals surface area (Å²) in [7, 11) is -1.30. The van der Waals surface area contributed by atoms with E-state index in [0.29, 0.717) is 11.5 Å². The minimum atomic E-state index is -3.96. The summed E-state index contributed by atoms with van der Waals surface area (Å²) in [5, 5.41) is 11.1. The second-order valence-electron chi connectivity index (χ2n) is 5.87. The average molecular weight is 394 g/mol. The molecule has 2 aromatic rings. The van der Waals surface area contributed by atoms with Gasteiger partial charge in [0.1, 0.15) is 12.7 Å². The monoisotopic (exact) mass is 394 g/mol. The maximum Gasteiger partial charge on any atom is 0.312 e. The summed E-state index contributed by atoms with van der Waals surface area (Å²) < 4.78 is 42.9. The van der Waals surface area contributed by atoms with Crippen molar-refractivity contribution < 1.29 is 27.6 Å². The minimum absolute atomic E-state index is 0.0118. The van der Waals surface area contributed by atoms with Crippen LogP contribution in [0, 0.1) is 10.1 Å². The summed E-state index contributed by atoms with van der Waals surface area (Å²) in [5.74, 6) is 1.13. The fourth-order valence-electron chi connectivity index (χ4n) is 2.69. The third-order valence-corrected chi connectivity index (χ3v) is 5.90. The van der Waals surface area contributed by atoms with Crippen LogP contribution in [-0.4, -0.2) is 51.1 Å². The molecule has 1 aliphatic rings. The van der Waals surface area contributed by atoms with Crippen molar-refractivity contribution in [3.63, 3.8) is 0 Å². The summed E-state index contributed by atoms with van der Waals surface area (Å²) in [5.41, 5.74) is -0.418. The predicted molar refractivity (Wildman–Crippen MR) is 95.8 cm³/mol. The lowest BCUT2D eigenvalue weighted by Gasteiger charge is -2.29. The molecule has 0 saturated heterocycles. The van der Waals surface area contributed by atoms with E-state index in [-0.39, 0.29) is 23.8 Å². The number of likely N-dealkylation sites (N-methyl/N-ethyl adjacent to an activating group) is 1. The molecule has 0 amide bonds. The van der Waals surface area contributed by atoms with Crippen molar-refractivity contribution in [1.29, 1.82) is 0 Å². The van der Waals surface area contributed by atoms with Crippen molar-refractivity contribution in [3.05, 3.63) is 52.6 Å². The maximum atomic E-state index is 12.8. The molecule has 0 saturated carbocycles. The van der Waals surface area contributed by atoms with Gasteiger partial charge in [-0.2, -0.15) is 4.31 Å². The van der Waals surface area contributed by atoms with Gasteiger partial charge in [0.25, 0.3) is 0 Å². The molecule has 0 bridgehead atoms. The molecule has 0 spiro atoms. The lowest BCUT2D eigenvalue weighted by molar-refractivity contribution is -0.386. The molecular formula is C17H18N2O7S. The third kappa shape index (κ3) is 3.81. The van der Waals surface area contributed by atoms with Crippen molar-refractivity contribution in [1.82, 2.24) is 4.31 Å². The molecule has 1 heterocycles. The van der Waals surface area contributed by atoms with Gasteiger partial charge < -0.3 is 14.2 Å². The Hall–Kier alpha value is -2.85. The van der Waals surface area contributed by atoms with E-state index < -0.39 is 26.7 Å². The second kappa shape index (κ2) is 7.41. The Morgan fingerprint density at radius 1 is 1.26 bits per heavy atom. The molecule has 3 rings (SSSR count). The van der Waals surface area contributed by atoms with Gasteiger partial charge in [0, 0.05) is 13.1 Å². The van der Waals surface area contributed by atoms with E-state index in [9.17, 15) is 18.5 Å². The van der Waals surface area contributed by atoms with Crippen molar-refractivity contribution in [3.8, 4) is 17.2 Å². The minimum Gasteiger partial charge on any atom is -0.490 e. The molecule has 144 valence electrons. The number of rotatable bonds is 6. The largest absolute Gasteiger partial charge is 0.490 e. The molecule has 0 radical (unpaired) electrons. The summed E-state index contributed by atoms with van der Waals surface area (Å²) >= 11 is 0. The van der Waals surface area contributed by atoms with Crippen LogP contribution in [0.15, 0.2) is 47.4 Å². The van der Waals surface area contributed by atoms with Crippen molar-refractivity contribution in [2.24, 2.45) is 0 Å². The van der Waals surface area contributed by atoms with E-state index in [0.717, 1.165) is 10.4 Å². The highest BCUT2D eigenvalue weighted by molar-refractivity contribution is 7.89. The first-order valence-electron chi connectivity index (χ1n) is 8.00. The molecule has 0 N–H and O–H groups in total. The maximum absolute atomic E-state index is 12.8. The highest BCUT2D eigenvalue weighted by Crippen LogP contribution is 2.32. The van der Waals surface area contributed by atoms with E-state index in [1.54, 1.807) is 18.2 Å². The van der Waals surface area contributed by atoms with Crippen LogP contribution in [0.2, 0.25) is 0 Å². The zero-order chi connectivity index (χ0) is 19.6. The highest BCUT2D eigenvalue weighted by atomic mass is 32.2. The number of hydrogen-bond acceptors (Lipinski definition) is 7. The number of benzene rings is 2. The number of methoxy groups -OCH3 is 1. The quantitative estimate of drug-likeness (QED) is 0.545. The summed E-state index contributed by atoms with van der Waals surface area (Å²) in [6.45, 7) is 0.218. The zero-order valence-corrected chi connectivity index (χ0v) is 15.5. The van der Waals surface area contributed by atoms with Crippen LogP contribution >= 0.6 is 0 Å². The first kappa shape index (κ1) is 18.9. The van der Waals surface area contributed by atoms with E-state index in [1.165, 1.54) is 26.3 Å². The normalized spacial score (nSPS) is 16.2. The topological polar surface area (TPSA) is 108 Å². The third-order valence-electron chi connectivity index (χ3n) is 4.08. The Kier molecular flexibility index (Phi) is 5.19. The summed E-state index contributed by atoms with van der Waals surface area (Å²) in [6, 6.07) is 10.6. The fraction of sp³-hybridized carbons (Fsp3) is 0.294. The van der Waals surface area contributed by atoms with Gasteiger partial charge in [-0.05, 0) is 24.3 Å². The molecule has 2 aromatic carbocycles. The molecule has 1 atom stereocenters. The SMILES string of the molecule is COc1ccc(S(=O)(=O)N(C)C[C@H]2COc3ccccc3O2)cc1[N+](=O)[O-]. The standard InChI is InChI=1S/C17H18N2O7S/c1-18(10-12-11-25-16-5-3-4-6-17(16)26-12)27(22,23)13-7-8-15(24-2)14(9-13)19(20)21/h3-9,12H,10-11H2,1-2H3/t12-/m0/s1. The number of sulfonamides is 1. The van der Waals surface area contributed by atoms with Crippen LogP contribution in [0.4, 0.5) is 5.69 Å². The Morgan fingerprint density at radius 3 is 2.63 bits per heavy atom. The Balaban J connectivity index is 1.79. The van der Waals surface area contributed by atoms with Crippen molar-refractivity contribution in [2.75, 3.05) is 27.3 Å². The predicted octanol–water partition coefficient (Wildman–Crippen LogP) is 2.06. The highest BCUT2D eigenvalue weighted by Gasteiger charge is 2.30. The molecule has 0 aromatic heterocycles. The van der Waals surface area contributed by atoms with Crippen molar-refractivity contribution in [2.45, 2.75) is 11.0 Å². The number of nitrogens with zero attached hydrogens (tertiary/aromatic N) is 2. The Morgan fingerprint density at radius 2 is 1.96 bits per heavy atom. The van der Waals surface area contributed by atoms with Crippen LogP contribution in [0.3, 0.4) is 0 Å². The molecule has 0 fully saturated rings. The van der Waals surface area contributed by atoms with Gasteiger partial charge in [-0.15, -0.1) is 0 Å². The first-order chi connectivity index (χ1) is 12.8. The Bertz CT molecular complexity index is 962. The molecule has 9 nitrogen and oxygen atoms in total. The molecule has 10 heteroatoms. The van der Waals surface area contributed by atoms with Crippen LogP contribution in [-0.2, 0) is 10.0 Å². The van der Waals surface area contributed by atoms with E-state index in [2.05, 4.69) is 0 Å². The van der Waals surface area contributed by atoms with Gasteiger partial charge in [0.2, 0.25) is 10.0 Å². The molecular weight excluding hydrogens is 376 g/mol. The van der Waals surface area contributed by atoms with Gasteiger partial charge in [-0.25, -0.2) is 8.42 Å². The van der Waals surface area contributed by atoms with Crippen LogP contribution < -0.4 is 14.2 Å². The van der Waals surface area contributed by atoms with E-state index in [4.69, 9.17) is 14.2 Å². The molecule has 0 unspecified atom stereocenters. The van der Waals surface area contributed by atoms with Gasteiger partial charge in [-0.3, -0.25) is 10.1 Å². The second-order valence-corrected chi connectivity index (χ2v) is 7.92. The van der Waals surface area contributed by atoms with E-state index in [1.807, 2.05) is 6.07 Å². The number of fused-ring (bicyclic) bond motifs is 1. The number of nitro groups is 1. The van der Waals surface area contributed by atoms with Gasteiger partial charge in [0.15, 0.2) is 17.2 Å². The number of hydrogen-bond donors (Lipinski definition) is 0. The van der Waals surface area contributed by atoms with Crippen LogP contribution in [0.5, 0.6) is 17.2 Å².